The first-order chi connectivity index (χ1) is 8.90. The number of benzene rings is 2. The van der Waals surface area contributed by atoms with Crippen molar-refractivity contribution in [2.24, 2.45) is 0 Å². The molecule has 0 radical (unpaired) electrons. The number of rotatable bonds is 2. The summed E-state index contributed by atoms with van der Waals surface area (Å²) in [6, 6.07) is 7.88. The van der Waals surface area contributed by atoms with Crippen LogP contribution in [0.15, 0.2) is 34.8 Å². The Kier molecular flexibility index (Phi) is 4.29. The van der Waals surface area contributed by atoms with E-state index in [2.05, 4.69) is 15.9 Å². The summed E-state index contributed by atoms with van der Waals surface area (Å²) in [5, 5.41) is 10.7. The first-order valence-corrected chi connectivity index (χ1v) is 6.97. The Hall–Kier alpha value is -0.900. The molecule has 4 heteroatoms. The monoisotopic (exact) mass is 342 g/mol. The highest BCUT2D eigenvalue weighted by Gasteiger charge is 2.17. The second-order valence-corrected chi connectivity index (χ2v) is 5.79. The van der Waals surface area contributed by atoms with Crippen LogP contribution in [0.4, 0.5) is 4.39 Å². The van der Waals surface area contributed by atoms with Gasteiger partial charge in [-0.25, -0.2) is 4.39 Å². The third kappa shape index (κ3) is 2.99. The van der Waals surface area contributed by atoms with Crippen LogP contribution in [0.1, 0.15) is 28.4 Å². The number of halogens is 3. The molecule has 0 bridgehead atoms. The molecule has 0 amide bonds. The molecule has 1 nitrogen and oxygen atoms in total. The summed E-state index contributed by atoms with van der Waals surface area (Å²) in [6.07, 6.45) is -0.861. The third-order valence-corrected chi connectivity index (χ3v) is 4.28. The summed E-state index contributed by atoms with van der Waals surface area (Å²) in [7, 11) is 0. The fourth-order valence-electron chi connectivity index (χ4n) is 1.99. The summed E-state index contributed by atoms with van der Waals surface area (Å²) in [4.78, 5) is 0. The Balaban J connectivity index is 2.49. The highest BCUT2D eigenvalue weighted by atomic mass is 79.9. The second-order valence-electron chi connectivity index (χ2n) is 4.53. The molecule has 0 aliphatic carbocycles. The smallest absolute Gasteiger partial charge is 0.124 e. The molecule has 0 heterocycles. The highest BCUT2D eigenvalue weighted by Crippen LogP contribution is 2.32. The standard InChI is InChI=1S/C15H13BrClFO/c1-8-6-13(16)9(2)5-12(8)15(19)11-4-3-10(18)7-14(11)17/h3-7,15,19H,1-2H3. The molecule has 0 aromatic heterocycles. The number of aryl methyl sites for hydroxylation is 2. The van der Waals surface area contributed by atoms with Gasteiger partial charge in [-0.2, -0.15) is 0 Å². The van der Waals surface area contributed by atoms with Gasteiger partial charge in [-0.3, -0.25) is 0 Å². The zero-order valence-corrected chi connectivity index (χ0v) is 12.9. The summed E-state index contributed by atoms with van der Waals surface area (Å²) in [5.74, 6) is -0.412. The van der Waals surface area contributed by atoms with Crippen LogP contribution in [0.3, 0.4) is 0 Å². The van der Waals surface area contributed by atoms with Crippen molar-refractivity contribution >= 4 is 27.5 Å². The lowest BCUT2D eigenvalue weighted by molar-refractivity contribution is 0.219. The predicted molar refractivity (Wildman–Crippen MR) is 79.1 cm³/mol. The van der Waals surface area contributed by atoms with E-state index in [-0.39, 0.29) is 5.02 Å². The summed E-state index contributed by atoms with van der Waals surface area (Å²) in [5.41, 5.74) is 3.25. The molecule has 100 valence electrons. The van der Waals surface area contributed by atoms with E-state index in [1.807, 2.05) is 26.0 Å². The van der Waals surface area contributed by atoms with E-state index < -0.39 is 11.9 Å². The van der Waals surface area contributed by atoms with Crippen molar-refractivity contribution in [1.82, 2.24) is 0 Å². The van der Waals surface area contributed by atoms with Gasteiger partial charge in [0.2, 0.25) is 0 Å². The average molecular weight is 344 g/mol. The summed E-state index contributed by atoms with van der Waals surface area (Å²) >= 11 is 9.44. The van der Waals surface area contributed by atoms with E-state index in [1.165, 1.54) is 18.2 Å². The molecule has 1 N–H and O–H groups in total. The van der Waals surface area contributed by atoms with Crippen molar-refractivity contribution < 1.29 is 9.50 Å². The Labute approximate surface area is 125 Å². The zero-order valence-electron chi connectivity index (χ0n) is 10.5. The topological polar surface area (TPSA) is 20.2 Å². The van der Waals surface area contributed by atoms with Gasteiger partial charge in [-0.05, 0) is 48.7 Å². The van der Waals surface area contributed by atoms with Crippen LogP contribution in [0, 0.1) is 19.7 Å². The lowest BCUT2D eigenvalue weighted by Crippen LogP contribution is -2.04. The third-order valence-electron chi connectivity index (χ3n) is 3.10. The number of aliphatic hydroxyl groups excluding tert-OH is 1. The molecular weight excluding hydrogens is 331 g/mol. The normalized spacial score (nSPS) is 12.5. The van der Waals surface area contributed by atoms with Crippen molar-refractivity contribution in [3.63, 3.8) is 0 Å². The van der Waals surface area contributed by atoms with Gasteiger partial charge >= 0.3 is 0 Å². The number of hydrogen-bond acceptors (Lipinski definition) is 1. The van der Waals surface area contributed by atoms with Gasteiger partial charge in [0.25, 0.3) is 0 Å². The maximum atomic E-state index is 13.0. The van der Waals surface area contributed by atoms with Crippen LogP contribution < -0.4 is 0 Å². The minimum absolute atomic E-state index is 0.229. The Bertz CT molecular complexity index is 628. The van der Waals surface area contributed by atoms with Crippen LogP contribution in [0.5, 0.6) is 0 Å². The highest BCUT2D eigenvalue weighted by molar-refractivity contribution is 9.10. The van der Waals surface area contributed by atoms with Crippen LogP contribution in [-0.2, 0) is 0 Å². The predicted octanol–water partition coefficient (Wildman–Crippen LogP) is 4.94. The SMILES string of the molecule is Cc1cc(C(O)c2ccc(F)cc2Cl)c(C)cc1Br. The summed E-state index contributed by atoms with van der Waals surface area (Å²) < 4.78 is 14.0. The van der Waals surface area contributed by atoms with E-state index in [0.717, 1.165) is 21.2 Å². The fraction of sp³-hybridized carbons (Fsp3) is 0.200. The molecule has 0 saturated heterocycles. The quantitative estimate of drug-likeness (QED) is 0.819. The lowest BCUT2D eigenvalue weighted by Gasteiger charge is -2.17. The summed E-state index contributed by atoms with van der Waals surface area (Å²) in [6.45, 7) is 3.87. The molecule has 0 spiro atoms. The maximum absolute atomic E-state index is 13.0. The zero-order chi connectivity index (χ0) is 14.2. The number of hydrogen-bond donors (Lipinski definition) is 1. The molecule has 0 fully saturated rings. The number of aliphatic hydroxyl groups is 1. The first-order valence-electron chi connectivity index (χ1n) is 5.80. The molecule has 0 aliphatic rings. The van der Waals surface area contributed by atoms with E-state index >= 15 is 0 Å². The van der Waals surface area contributed by atoms with Gasteiger partial charge in [0, 0.05) is 15.1 Å². The average Bonchev–Trinajstić information content (AvgIpc) is 2.33. The molecule has 19 heavy (non-hydrogen) atoms. The van der Waals surface area contributed by atoms with Gasteiger partial charge in [0.15, 0.2) is 0 Å². The second kappa shape index (κ2) is 5.61. The Morgan fingerprint density at radius 1 is 1.11 bits per heavy atom. The van der Waals surface area contributed by atoms with Crippen molar-refractivity contribution in [1.29, 1.82) is 0 Å². The molecule has 1 unspecified atom stereocenters. The van der Waals surface area contributed by atoms with Gasteiger partial charge in [-0.1, -0.05) is 39.7 Å². The van der Waals surface area contributed by atoms with E-state index in [9.17, 15) is 9.50 Å². The fourth-order valence-corrected chi connectivity index (χ4v) is 2.72. The Morgan fingerprint density at radius 3 is 2.42 bits per heavy atom. The molecule has 0 aliphatic heterocycles. The van der Waals surface area contributed by atoms with Crippen molar-refractivity contribution in [3.8, 4) is 0 Å². The van der Waals surface area contributed by atoms with Crippen molar-refractivity contribution in [2.75, 3.05) is 0 Å². The van der Waals surface area contributed by atoms with Crippen LogP contribution in [0.2, 0.25) is 5.02 Å². The molecule has 2 aromatic rings. The Morgan fingerprint density at radius 2 is 1.79 bits per heavy atom. The van der Waals surface area contributed by atoms with Gasteiger partial charge in [0.1, 0.15) is 11.9 Å². The van der Waals surface area contributed by atoms with E-state index in [1.54, 1.807) is 0 Å². The van der Waals surface area contributed by atoms with Gasteiger partial charge in [0.05, 0.1) is 0 Å². The van der Waals surface area contributed by atoms with Crippen molar-refractivity contribution in [3.05, 3.63) is 67.9 Å². The maximum Gasteiger partial charge on any atom is 0.124 e. The van der Waals surface area contributed by atoms with Crippen molar-refractivity contribution in [2.45, 2.75) is 20.0 Å². The molecule has 1 atom stereocenters. The van der Waals surface area contributed by atoms with Gasteiger partial charge in [-0.15, -0.1) is 0 Å². The molecular formula is C15H13BrClFO. The van der Waals surface area contributed by atoms with E-state index in [4.69, 9.17) is 11.6 Å². The minimum Gasteiger partial charge on any atom is -0.384 e. The van der Waals surface area contributed by atoms with Crippen LogP contribution in [0.25, 0.3) is 0 Å². The van der Waals surface area contributed by atoms with Gasteiger partial charge < -0.3 is 5.11 Å². The lowest BCUT2D eigenvalue weighted by atomic mass is 9.96. The first kappa shape index (κ1) is 14.5. The molecule has 2 rings (SSSR count). The minimum atomic E-state index is -0.861. The molecule has 0 saturated carbocycles. The largest absolute Gasteiger partial charge is 0.384 e. The van der Waals surface area contributed by atoms with E-state index in [0.29, 0.717) is 5.56 Å². The molecule has 2 aromatic carbocycles. The van der Waals surface area contributed by atoms with Crippen LogP contribution in [-0.4, -0.2) is 5.11 Å². The van der Waals surface area contributed by atoms with Crippen LogP contribution >= 0.6 is 27.5 Å².